The molecule has 6 bridgehead atoms. The van der Waals surface area contributed by atoms with Crippen molar-refractivity contribution in [2.75, 3.05) is 13.2 Å². The summed E-state index contributed by atoms with van der Waals surface area (Å²) in [5.41, 5.74) is 2.31. The van der Waals surface area contributed by atoms with E-state index in [1.807, 2.05) is 48.5 Å². The molecule has 0 unspecified atom stereocenters. The van der Waals surface area contributed by atoms with Crippen LogP contribution >= 0.6 is 0 Å². The Morgan fingerprint density at radius 2 is 0.921 bits per heavy atom. The lowest BCUT2D eigenvalue weighted by Gasteiger charge is -2.09. The first-order valence-electron chi connectivity index (χ1n) is 13.6. The van der Waals surface area contributed by atoms with Crippen LogP contribution in [-0.2, 0) is 13.1 Å². The molecule has 0 saturated carbocycles. The van der Waals surface area contributed by atoms with Crippen molar-refractivity contribution in [1.29, 1.82) is 0 Å². The van der Waals surface area contributed by atoms with E-state index in [1.54, 1.807) is 18.2 Å². The van der Waals surface area contributed by atoms with Crippen molar-refractivity contribution in [2.45, 2.75) is 64.5 Å². The SMILES string of the molecule is O=C1NCc2ccc(cc2)OCCCCCCCCCCOc2ccc(cc2)CNC(=O)c2cccc1n2. The lowest BCUT2D eigenvalue weighted by atomic mass is 10.1. The topological polar surface area (TPSA) is 89.5 Å². The third-order valence-electron chi connectivity index (χ3n) is 6.54. The van der Waals surface area contributed by atoms with Gasteiger partial charge in [-0.05, 0) is 60.4 Å². The van der Waals surface area contributed by atoms with Gasteiger partial charge in [0.1, 0.15) is 22.9 Å². The quantitative estimate of drug-likeness (QED) is 0.393. The van der Waals surface area contributed by atoms with E-state index < -0.39 is 0 Å². The Kier molecular flexibility index (Phi) is 10.6. The van der Waals surface area contributed by atoms with Gasteiger partial charge in [0.2, 0.25) is 0 Å². The molecule has 7 nitrogen and oxygen atoms in total. The predicted molar refractivity (Wildman–Crippen MR) is 147 cm³/mol. The Morgan fingerprint density at radius 3 is 1.34 bits per heavy atom. The maximum atomic E-state index is 12.7. The fourth-order valence-electron chi connectivity index (χ4n) is 4.29. The molecule has 2 amide bonds. The van der Waals surface area contributed by atoms with Crippen LogP contribution in [0.5, 0.6) is 11.5 Å². The van der Waals surface area contributed by atoms with Crippen LogP contribution in [0.4, 0.5) is 0 Å². The number of nitrogens with zero attached hydrogens (tertiary/aromatic N) is 1. The van der Waals surface area contributed by atoms with Crippen molar-refractivity contribution in [2.24, 2.45) is 0 Å². The summed E-state index contributed by atoms with van der Waals surface area (Å²) >= 11 is 0. The molecule has 0 fully saturated rings. The largest absolute Gasteiger partial charge is 0.494 e. The van der Waals surface area contributed by atoms with Gasteiger partial charge < -0.3 is 20.1 Å². The molecule has 0 saturated heterocycles. The van der Waals surface area contributed by atoms with E-state index in [0.29, 0.717) is 26.3 Å². The number of rotatable bonds is 0. The fourth-order valence-corrected chi connectivity index (χ4v) is 4.29. The molecule has 4 aliphatic heterocycles. The number of ether oxygens (including phenoxy) is 2. The molecule has 0 aliphatic carbocycles. The highest BCUT2D eigenvalue weighted by atomic mass is 16.5. The van der Waals surface area contributed by atoms with E-state index in [4.69, 9.17) is 9.47 Å². The molecule has 2 aromatic carbocycles. The average Bonchev–Trinajstić information content (AvgIpc) is 2.96. The first kappa shape index (κ1) is 27.2. The van der Waals surface area contributed by atoms with Gasteiger partial charge in [0.05, 0.1) is 13.2 Å². The molecule has 4 aliphatic rings. The smallest absolute Gasteiger partial charge is 0.270 e. The molecule has 0 spiro atoms. The second-order valence-corrected chi connectivity index (χ2v) is 9.59. The molecule has 200 valence electrons. The number of carbonyl (C=O) groups excluding carboxylic acids is 2. The summed E-state index contributed by atoms with van der Waals surface area (Å²) in [6.07, 6.45) is 9.46. The fraction of sp³-hybridized carbons (Fsp3) is 0.387. The monoisotopic (exact) mass is 515 g/mol. The number of aromatic nitrogens is 1. The first-order valence-corrected chi connectivity index (χ1v) is 13.6. The Bertz CT molecular complexity index is 1070. The summed E-state index contributed by atoms with van der Waals surface area (Å²) < 4.78 is 11.7. The van der Waals surface area contributed by atoms with Crippen LogP contribution in [0.3, 0.4) is 0 Å². The summed E-state index contributed by atoms with van der Waals surface area (Å²) in [7, 11) is 0. The summed E-state index contributed by atoms with van der Waals surface area (Å²) in [4.78, 5) is 29.6. The molecule has 2 N–H and O–H groups in total. The highest BCUT2D eigenvalue weighted by Crippen LogP contribution is 2.16. The average molecular weight is 516 g/mol. The third kappa shape index (κ3) is 8.91. The van der Waals surface area contributed by atoms with Crippen molar-refractivity contribution in [3.63, 3.8) is 0 Å². The Hall–Kier alpha value is -3.87. The first-order chi connectivity index (χ1) is 18.7. The number of benzene rings is 2. The van der Waals surface area contributed by atoms with Gasteiger partial charge in [0, 0.05) is 13.1 Å². The highest BCUT2D eigenvalue weighted by molar-refractivity contribution is 5.96. The number of carbonyl (C=O) groups is 2. The minimum absolute atomic E-state index is 0.197. The lowest BCUT2D eigenvalue weighted by molar-refractivity contribution is 0.0941. The van der Waals surface area contributed by atoms with E-state index in [0.717, 1.165) is 35.5 Å². The van der Waals surface area contributed by atoms with Gasteiger partial charge in [-0.15, -0.1) is 0 Å². The van der Waals surface area contributed by atoms with Gasteiger partial charge in [-0.3, -0.25) is 9.59 Å². The number of nitrogens with one attached hydrogen (secondary N) is 2. The van der Waals surface area contributed by atoms with Crippen LogP contribution in [0.2, 0.25) is 0 Å². The van der Waals surface area contributed by atoms with Gasteiger partial charge in [-0.1, -0.05) is 68.9 Å². The van der Waals surface area contributed by atoms with Crippen molar-refractivity contribution in [3.05, 3.63) is 89.2 Å². The predicted octanol–water partition coefficient (Wildman–Crippen LogP) is 5.83. The standard InChI is InChI=1S/C31H37N3O4/c35-30-28-10-9-11-29(34-28)31(36)33-23-25-14-18-27(19-15-25)38-21-8-6-4-2-1-3-5-7-20-37-26-16-12-24(13-17-26)22-32-30/h9-19H,1-8,20-23H2,(H,32,35)(H,33,36). The molecule has 7 rings (SSSR count). The minimum Gasteiger partial charge on any atom is -0.494 e. The highest BCUT2D eigenvalue weighted by Gasteiger charge is 2.12. The Balaban J connectivity index is 1.37. The zero-order chi connectivity index (χ0) is 26.4. The van der Waals surface area contributed by atoms with Crippen LogP contribution < -0.4 is 20.1 Å². The number of hydrogen-bond donors (Lipinski definition) is 2. The van der Waals surface area contributed by atoms with E-state index in [2.05, 4.69) is 15.6 Å². The molecule has 0 atom stereocenters. The molecule has 0 radical (unpaired) electrons. The maximum absolute atomic E-state index is 12.7. The van der Waals surface area contributed by atoms with Crippen LogP contribution in [0, 0.1) is 0 Å². The van der Waals surface area contributed by atoms with Crippen LogP contribution in [0.25, 0.3) is 0 Å². The molecule has 5 heterocycles. The van der Waals surface area contributed by atoms with E-state index in [9.17, 15) is 9.59 Å². The zero-order valence-corrected chi connectivity index (χ0v) is 21.9. The molecular formula is C31H37N3O4. The van der Waals surface area contributed by atoms with Crippen molar-refractivity contribution in [1.82, 2.24) is 15.6 Å². The van der Waals surface area contributed by atoms with Crippen LogP contribution in [0.15, 0.2) is 66.7 Å². The number of hydrogen-bond acceptors (Lipinski definition) is 5. The molecule has 1 aromatic heterocycles. The van der Waals surface area contributed by atoms with Gasteiger partial charge >= 0.3 is 0 Å². The second-order valence-electron chi connectivity index (χ2n) is 9.59. The molecule has 3 aromatic rings. The molecular weight excluding hydrogens is 478 g/mol. The number of amides is 2. The van der Waals surface area contributed by atoms with Crippen LogP contribution in [-0.4, -0.2) is 30.0 Å². The maximum Gasteiger partial charge on any atom is 0.270 e. The van der Waals surface area contributed by atoms with Crippen molar-refractivity contribution >= 4 is 11.8 Å². The van der Waals surface area contributed by atoms with E-state index in [1.165, 1.54) is 38.5 Å². The summed E-state index contributed by atoms with van der Waals surface area (Å²) in [5, 5.41) is 5.74. The third-order valence-corrected chi connectivity index (χ3v) is 6.54. The normalized spacial score (nSPS) is 16.6. The minimum atomic E-state index is -0.334. The summed E-state index contributed by atoms with van der Waals surface area (Å²) in [6, 6.07) is 20.4. The number of pyridine rings is 1. The Morgan fingerprint density at radius 1 is 0.526 bits per heavy atom. The molecule has 38 heavy (non-hydrogen) atoms. The van der Waals surface area contributed by atoms with Crippen molar-refractivity contribution in [3.8, 4) is 11.5 Å². The van der Waals surface area contributed by atoms with Gasteiger partial charge in [-0.2, -0.15) is 0 Å². The summed E-state index contributed by atoms with van der Waals surface area (Å²) in [5.74, 6) is 1.00. The van der Waals surface area contributed by atoms with Gasteiger partial charge in [0.15, 0.2) is 0 Å². The molecule has 7 heteroatoms. The van der Waals surface area contributed by atoms with E-state index >= 15 is 0 Å². The van der Waals surface area contributed by atoms with Crippen molar-refractivity contribution < 1.29 is 19.1 Å². The van der Waals surface area contributed by atoms with E-state index in [-0.39, 0.29) is 23.2 Å². The van der Waals surface area contributed by atoms with Gasteiger partial charge in [0.25, 0.3) is 11.8 Å². The van der Waals surface area contributed by atoms with Crippen LogP contribution in [0.1, 0.15) is 83.5 Å². The Labute approximate surface area is 225 Å². The lowest BCUT2D eigenvalue weighted by Crippen LogP contribution is -2.27. The van der Waals surface area contributed by atoms with Gasteiger partial charge in [-0.25, -0.2) is 4.98 Å². The second kappa shape index (κ2) is 14.8. The summed E-state index contributed by atoms with van der Waals surface area (Å²) in [6.45, 7) is 2.14. The zero-order valence-electron chi connectivity index (χ0n) is 21.9.